The number of nitrogens with zero attached hydrogens (tertiary/aromatic N) is 2. The zero-order valence-corrected chi connectivity index (χ0v) is 16.4. The van der Waals surface area contributed by atoms with E-state index in [0.717, 1.165) is 45.4 Å². The second-order valence-electron chi connectivity index (χ2n) is 7.25. The molecule has 1 unspecified atom stereocenters. The number of benzene rings is 1. The molecule has 0 radical (unpaired) electrons. The Balaban J connectivity index is 1.58. The van der Waals surface area contributed by atoms with Gasteiger partial charge in [0.25, 0.3) is 5.91 Å². The van der Waals surface area contributed by atoms with Crippen molar-refractivity contribution >= 4 is 11.9 Å². The van der Waals surface area contributed by atoms with E-state index >= 15 is 0 Å². The zero-order chi connectivity index (χ0) is 19.4. The number of hydrogen-bond donors (Lipinski definition) is 1. The van der Waals surface area contributed by atoms with E-state index in [1.165, 1.54) is 0 Å². The van der Waals surface area contributed by atoms with Gasteiger partial charge in [-0.15, -0.1) is 0 Å². The summed E-state index contributed by atoms with van der Waals surface area (Å²) in [5, 5.41) is 2.69. The van der Waals surface area contributed by atoms with Crippen LogP contribution in [-0.2, 0) is 0 Å². The highest BCUT2D eigenvalue weighted by molar-refractivity contribution is 5.95. The Kier molecular flexibility index (Phi) is 6.08. The number of nitrogens with one attached hydrogen (secondary N) is 1. The summed E-state index contributed by atoms with van der Waals surface area (Å²) < 4.78 is 10.6. The van der Waals surface area contributed by atoms with Gasteiger partial charge in [0.15, 0.2) is 11.5 Å². The summed E-state index contributed by atoms with van der Waals surface area (Å²) in [6.07, 6.45) is 3.05. The van der Waals surface area contributed by atoms with Crippen molar-refractivity contribution in [3.8, 4) is 11.5 Å². The maximum absolute atomic E-state index is 12.9. The Labute approximate surface area is 160 Å². The molecule has 0 aromatic heterocycles. The van der Waals surface area contributed by atoms with Crippen LogP contribution in [0, 0.1) is 11.8 Å². The van der Waals surface area contributed by atoms with Gasteiger partial charge in [0.1, 0.15) is 0 Å². The Morgan fingerprint density at radius 2 is 1.59 bits per heavy atom. The molecule has 2 fully saturated rings. The van der Waals surface area contributed by atoms with Crippen LogP contribution in [0.5, 0.6) is 11.5 Å². The first-order valence-electron chi connectivity index (χ1n) is 9.55. The minimum atomic E-state index is 0.00475. The van der Waals surface area contributed by atoms with E-state index in [4.69, 9.17) is 9.47 Å². The number of carbonyl (C=O) groups excluding carboxylic acids is 2. The van der Waals surface area contributed by atoms with Crippen LogP contribution in [0.15, 0.2) is 18.2 Å². The van der Waals surface area contributed by atoms with Crippen molar-refractivity contribution in [3.05, 3.63) is 23.8 Å². The Morgan fingerprint density at radius 3 is 2.22 bits per heavy atom. The van der Waals surface area contributed by atoms with Gasteiger partial charge >= 0.3 is 6.03 Å². The molecular formula is C20H29N3O4. The summed E-state index contributed by atoms with van der Waals surface area (Å²) in [6, 6.07) is 5.31. The van der Waals surface area contributed by atoms with E-state index in [1.54, 1.807) is 39.5 Å². The van der Waals surface area contributed by atoms with Gasteiger partial charge in [-0.2, -0.15) is 0 Å². The number of piperidine rings is 1. The van der Waals surface area contributed by atoms with Crippen LogP contribution in [-0.4, -0.2) is 69.2 Å². The molecule has 3 amide bonds. The molecule has 1 aromatic rings. The third-order valence-corrected chi connectivity index (χ3v) is 5.85. The minimum absolute atomic E-state index is 0.00475. The van der Waals surface area contributed by atoms with Crippen LogP contribution in [0.4, 0.5) is 4.79 Å². The van der Waals surface area contributed by atoms with Gasteiger partial charge in [-0.3, -0.25) is 4.79 Å². The third kappa shape index (κ3) is 4.12. The number of amides is 3. The molecule has 3 rings (SSSR count). The van der Waals surface area contributed by atoms with E-state index in [2.05, 4.69) is 5.32 Å². The lowest BCUT2D eigenvalue weighted by Crippen LogP contribution is -2.44. The summed E-state index contributed by atoms with van der Waals surface area (Å²) in [5.74, 6) is 2.33. The van der Waals surface area contributed by atoms with E-state index in [-0.39, 0.29) is 11.9 Å². The molecule has 2 aliphatic rings. The zero-order valence-electron chi connectivity index (χ0n) is 16.4. The van der Waals surface area contributed by atoms with Crippen LogP contribution in [0.2, 0.25) is 0 Å². The summed E-state index contributed by atoms with van der Waals surface area (Å²) in [4.78, 5) is 28.4. The van der Waals surface area contributed by atoms with Crippen molar-refractivity contribution in [1.29, 1.82) is 0 Å². The second-order valence-corrected chi connectivity index (χ2v) is 7.25. The summed E-state index contributed by atoms with van der Waals surface area (Å²) in [7, 11) is 4.83. The number of rotatable bonds is 4. The van der Waals surface area contributed by atoms with Gasteiger partial charge in [0.2, 0.25) is 0 Å². The number of likely N-dealkylation sites (tertiary alicyclic amines) is 2. The van der Waals surface area contributed by atoms with Gasteiger partial charge < -0.3 is 24.6 Å². The molecule has 1 atom stereocenters. The molecular weight excluding hydrogens is 346 g/mol. The van der Waals surface area contributed by atoms with Crippen LogP contribution in [0.25, 0.3) is 0 Å². The first-order valence-corrected chi connectivity index (χ1v) is 9.55. The summed E-state index contributed by atoms with van der Waals surface area (Å²) in [6.45, 7) is 3.17. The van der Waals surface area contributed by atoms with Crippen molar-refractivity contribution in [2.45, 2.75) is 19.3 Å². The quantitative estimate of drug-likeness (QED) is 0.876. The van der Waals surface area contributed by atoms with E-state index < -0.39 is 0 Å². The standard InChI is InChI=1S/C20H29N3O4/c1-21-20(25)22-9-6-14(7-10-22)16-8-11-23(13-16)19(24)15-4-5-17(26-2)18(12-15)27-3/h4-5,12,14,16H,6-11,13H2,1-3H3,(H,21,25). The van der Waals surface area contributed by atoms with Crippen molar-refractivity contribution in [3.63, 3.8) is 0 Å². The second kappa shape index (κ2) is 8.50. The van der Waals surface area contributed by atoms with Crippen molar-refractivity contribution < 1.29 is 19.1 Å². The predicted octanol–water partition coefficient (Wildman–Crippen LogP) is 2.22. The fourth-order valence-corrected chi connectivity index (χ4v) is 4.24. The molecule has 27 heavy (non-hydrogen) atoms. The van der Waals surface area contributed by atoms with E-state index in [0.29, 0.717) is 28.9 Å². The first kappa shape index (κ1) is 19.3. The molecule has 0 saturated carbocycles. The van der Waals surface area contributed by atoms with Crippen molar-refractivity contribution in [2.24, 2.45) is 11.8 Å². The lowest BCUT2D eigenvalue weighted by atomic mass is 9.84. The molecule has 2 aliphatic heterocycles. The first-order chi connectivity index (χ1) is 13.1. The maximum atomic E-state index is 12.9. The maximum Gasteiger partial charge on any atom is 0.317 e. The average molecular weight is 375 g/mol. The normalized spacial score (nSPS) is 20.5. The minimum Gasteiger partial charge on any atom is -0.493 e. The van der Waals surface area contributed by atoms with Gasteiger partial charge in [0, 0.05) is 38.8 Å². The molecule has 1 aromatic carbocycles. The number of hydrogen-bond acceptors (Lipinski definition) is 4. The van der Waals surface area contributed by atoms with Crippen LogP contribution in [0.1, 0.15) is 29.6 Å². The lowest BCUT2D eigenvalue weighted by molar-refractivity contribution is 0.0776. The highest BCUT2D eigenvalue weighted by Crippen LogP contribution is 2.33. The summed E-state index contributed by atoms with van der Waals surface area (Å²) in [5.41, 5.74) is 0.628. The predicted molar refractivity (Wildman–Crippen MR) is 102 cm³/mol. The van der Waals surface area contributed by atoms with Gasteiger partial charge in [0.05, 0.1) is 14.2 Å². The highest BCUT2D eigenvalue weighted by Gasteiger charge is 2.34. The average Bonchev–Trinajstić information content (AvgIpc) is 3.22. The third-order valence-electron chi connectivity index (χ3n) is 5.85. The fraction of sp³-hybridized carbons (Fsp3) is 0.600. The molecule has 2 heterocycles. The van der Waals surface area contributed by atoms with Gasteiger partial charge in [-0.25, -0.2) is 4.79 Å². The number of methoxy groups -OCH3 is 2. The molecule has 148 valence electrons. The molecule has 0 aliphatic carbocycles. The van der Waals surface area contributed by atoms with Crippen molar-refractivity contribution in [1.82, 2.24) is 15.1 Å². The van der Waals surface area contributed by atoms with Crippen LogP contribution < -0.4 is 14.8 Å². The Bertz CT molecular complexity index is 686. The van der Waals surface area contributed by atoms with Crippen LogP contribution >= 0.6 is 0 Å². The lowest BCUT2D eigenvalue weighted by Gasteiger charge is -2.34. The van der Waals surface area contributed by atoms with E-state index in [9.17, 15) is 9.59 Å². The smallest absolute Gasteiger partial charge is 0.317 e. The van der Waals surface area contributed by atoms with Gasteiger partial charge in [-0.05, 0) is 49.3 Å². The van der Waals surface area contributed by atoms with Gasteiger partial charge in [-0.1, -0.05) is 0 Å². The largest absolute Gasteiger partial charge is 0.493 e. The van der Waals surface area contributed by atoms with E-state index in [1.807, 2.05) is 9.80 Å². The fourth-order valence-electron chi connectivity index (χ4n) is 4.24. The monoisotopic (exact) mass is 375 g/mol. The van der Waals surface area contributed by atoms with Crippen molar-refractivity contribution in [2.75, 3.05) is 47.4 Å². The topological polar surface area (TPSA) is 71.1 Å². The SMILES string of the molecule is CNC(=O)N1CCC(C2CCN(C(=O)c3ccc(OC)c(OC)c3)C2)CC1. The molecule has 0 bridgehead atoms. The molecule has 7 nitrogen and oxygen atoms in total. The molecule has 1 N–H and O–H groups in total. The van der Waals surface area contributed by atoms with Crippen LogP contribution in [0.3, 0.4) is 0 Å². The Morgan fingerprint density at radius 1 is 0.963 bits per heavy atom. The number of urea groups is 1. The number of carbonyl (C=O) groups is 2. The summed E-state index contributed by atoms with van der Waals surface area (Å²) >= 11 is 0. The Hall–Kier alpha value is -2.44. The number of ether oxygens (including phenoxy) is 2. The molecule has 0 spiro atoms. The molecule has 2 saturated heterocycles. The highest BCUT2D eigenvalue weighted by atomic mass is 16.5. The molecule has 7 heteroatoms.